The molecule has 0 bridgehead atoms. The fraction of sp³-hybridized carbons (Fsp3) is 0.189. The summed E-state index contributed by atoms with van der Waals surface area (Å²) in [6, 6.07) is 29.2. The second-order valence-corrected chi connectivity index (χ2v) is 10.5. The number of hydrogen-bond acceptors (Lipinski definition) is 4. The van der Waals surface area contributed by atoms with Crippen LogP contribution in [-0.2, 0) is 27.8 Å². The summed E-state index contributed by atoms with van der Waals surface area (Å²) in [5.41, 5.74) is 8.75. The molecule has 4 heteroatoms. The molecule has 0 spiro atoms. The molecular weight excluding hydrogens is 508 g/mol. The van der Waals surface area contributed by atoms with E-state index >= 15 is 0 Å². The van der Waals surface area contributed by atoms with Crippen LogP contribution in [0.2, 0.25) is 0 Å². The van der Waals surface area contributed by atoms with Crippen molar-refractivity contribution in [3.05, 3.63) is 143 Å². The van der Waals surface area contributed by atoms with Gasteiger partial charge in [0.1, 0.15) is 11.5 Å². The molecule has 0 fully saturated rings. The minimum atomic E-state index is -0.644. The molecule has 0 aliphatic heterocycles. The van der Waals surface area contributed by atoms with Crippen LogP contribution in [0.3, 0.4) is 0 Å². The van der Waals surface area contributed by atoms with E-state index in [9.17, 15) is 9.59 Å². The van der Waals surface area contributed by atoms with Crippen molar-refractivity contribution in [2.75, 3.05) is 0 Å². The van der Waals surface area contributed by atoms with Gasteiger partial charge in [0.2, 0.25) is 0 Å². The van der Waals surface area contributed by atoms with Gasteiger partial charge in [-0.15, -0.1) is 0 Å². The highest BCUT2D eigenvalue weighted by molar-refractivity contribution is 5.90. The van der Waals surface area contributed by atoms with E-state index in [4.69, 9.17) is 9.47 Å². The van der Waals surface area contributed by atoms with E-state index in [1.165, 1.54) is 22.3 Å². The molecule has 41 heavy (non-hydrogen) atoms. The van der Waals surface area contributed by atoms with Crippen LogP contribution in [0, 0.1) is 0 Å². The number of benzene rings is 4. The van der Waals surface area contributed by atoms with E-state index in [1.807, 2.05) is 12.1 Å². The van der Waals surface area contributed by atoms with Gasteiger partial charge in [0.15, 0.2) is 0 Å². The normalized spacial score (nSPS) is 12.7. The highest BCUT2D eigenvalue weighted by Crippen LogP contribution is 2.56. The number of carbonyl (C=O) groups excluding carboxylic acids is 2. The number of carbonyl (C=O) groups is 2. The molecule has 4 aromatic carbocycles. The first-order valence-electron chi connectivity index (χ1n) is 13.9. The van der Waals surface area contributed by atoms with Crippen LogP contribution in [0.5, 0.6) is 11.5 Å². The maximum atomic E-state index is 12.4. The van der Waals surface area contributed by atoms with E-state index in [-0.39, 0.29) is 0 Å². The Balaban J connectivity index is 1.79. The number of fused-ring (bicyclic) bond motifs is 3. The molecule has 0 saturated carbocycles. The first-order valence-corrected chi connectivity index (χ1v) is 13.9. The third-order valence-electron chi connectivity index (χ3n) is 7.80. The van der Waals surface area contributed by atoms with Gasteiger partial charge in [-0.1, -0.05) is 99.8 Å². The van der Waals surface area contributed by atoms with Crippen molar-refractivity contribution in [3.63, 3.8) is 0 Å². The molecule has 0 unspecified atom stereocenters. The van der Waals surface area contributed by atoms with Crippen LogP contribution in [-0.4, -0.2) is 11.9 Å². The van der Waals surface area contributed by atoms with Crippen LogP contribution in [0.4, 0.5) is 0 Å². The van der Waals surface area contributed by atoms with Gasteiger partial charge in [0, 0.05) is 11.1 Å². The third kappa shape index (κ3) is 4.70. The smallest absolute Gasteiger partial charge is 0.338 e. The molecule has 0 atom stereocenters. The van der Waals surface area contributed by atoms with Gasteiger partial charge in [-0.3, -0.25) is 0 Å². The fourth-order valence-corrected chi connectivity index (χ4v) is 5.77. The van der Waals surface area contributed by atoms with Crippen molar-refractivity contribution < 1.29 is 19.1 Å². The molecule has 0 saturated heterocycles. The van der Waals surface area contributed by atoms with Crippen LogP contribution >= 0.6 is 0 Å². The van der Waals surface area contributed by atoms with Gasteiger partial charge in [-0.2, -0.15) is 0 Å². The largest absolute Gasteiger partial charge is 0.423 e. The van der Waals surface area contributed by atoms with Crippen molar-refractivity contribution in [2.24, 2.45) is 0 Å². The minimum Gasteiger partial charge on any atom is -0.423 e. The summed E-state index contributed by atoms with van der Waals surface area (Å²) >= 11 is 0. The van der Waals surface area contributed by atoms with Gasteiger partial charge in [0.25, 0.3) is 0 Å². The Hall–Kier alpha value is -4.70. The summed E-state index contributed by atoms with van der Waals surface area (Å²) in [4.78, 5) is 24.8. The van der Waals surface area contributed by atoms with Crippen LogP contribution in [0.1, 0.15) is 61.1 Å². The lowest BCUT2D eigenvalue weighted by Crippen LogP contribution is -2.29. The van der Waals surface area contributed by atoms with Gasteiger partial charge >= 0.3 is 11.9 Å². The van der Waals surface area contributed by atoms with Crippen molar-refractivity contribution in [3.8, 4) is 22.6 Å². The number of esters is 2. The van der Waals surface area contributed by atoms with Crippen LogP contribution in [0.15, 0.2) is 109 Å². The van der Waals surface area contributed by atoms with Crippen LogP contribution in [0.25, 0.3) is 11.1 Å². The zero-order valence-electron chi connectivity index (χ0n) is 24.0. The summed E-state index contributed by atoms with van der Waals surface area (Å²) < 4.78 is 11.4. The Bertz CT molecular complexity index is 1580. The van der Waals surface area contributed by atoms with E-state index < -0.39 is 17.4 Å². The summed E-state index contributed by atoms with van der Waals surface area (Å²) in [5, 5.41) is 0. The maximum Gasteiger partial charge on any atom is 0.338 e. The predicted octanol–water partition coefficient (Wildman–Crippen LogP) is 8.14. The Kier molecular flexibility index (Phi) is 7.51. The molecule has 1 aliphatic rings. The van der Waals surface area contributed by atoms with Crippen LogP contribution < -0.4 is 9.47 Å². The van der Waals surface area contributed by atoms with E-state index in [1.54, 1.807) is 13.8 Å². The Morgan fingerprint density at radius 2 is 1.02 bits per heavy atom. The molecule has 206 valence electrons. The molecule has 1 aliphatic carbocycles. The molecule has 4 nitrogen and oxygen atoms in total. The molecular formula is C37H34O4. The number of hydrogen-bond donors (Lipinski definition) is 0. The Morgan fingerprint density at radius 3 is 1.39 bits per heavy atom. The topological polar surface area (TPSA) is 52.6 Å². The molecule has 0 N–H and O–H groups in total. The van der Waals surface area contributed by atoms with Gasteiger partial charge < -0.3 is 9.47 Å². The first kappa shape index (κ1) is 27.9. The van der Waals surface area contributed by atoms with Crippen molar-refractivity contribution in [1.82, 2.24) is 0 Å². The first-order chi connectivity index (χ1) is 19.7. The van der Waals surface area contributed by atoms with Crippen molar-refractivity contribution in [1.29, 1.82) is 0 Å². The van der Waals surface area contributed by atoms with Crippen molar-refractivity contribution in [2.45, 2.75) is 46.0 Å². The lowest BCUT2D eigenvalue weighted by atomic mass is 9.67. The quantitative estimate of drug-likeness (QED) is 0.113. The van der Waals surface area contributed by atoms with E-state index in [0.29, 0.717) is 35.5 Å². The number of aryl methyl sites for hydroxylation is 2. The third-order valence-corrected chi connectivity index (χ3v) is 7.80. The summed E-state index contributed by atoms with van der Waals surface area (Å²) in [5.74, 6) is 0.197. The average Bonchev–Trinajstić information content (AvgIpc) is 3.28. The van der Waals surface area contributed by atoms with Gasteiger partial charge in [0.05, 0.1) is 5.41 Å². The maximum absolute atomic E-state index is 12.4. The monoisotopic (exact) mass is 542 g/mol. The van der Waals surface area contributed by atoms with E-state index in [0.717, 1.165) is 22.3 Å². The van der Waals surface area contributed by atoms with E-state index in [2.05, 4.69) is 99.8 Å². The standard InChI is InChI=1S/C37H34O4/c1-7-25-21-27(17-19-33(25)40-35(38)23(3)4)37(28-18-20-34(26(8-2)22-28)41-36(39)24(5)6)31-15-11-9-13-29(31)30-14-10-12-16-32(30)37/h9-22H,3,5,7-8H2,1-2,4,6H3. The highest BCUT2D eigenvalue weighted by Gasteiger charge is 2.46. The SMILES string of the molecule is C=C(C)C(=O)Oc1ccc(C2(c3ccc(OC(=O)C(=C)C)c(CC)c3)c3ccccc3-c3ccccc32)cc1CC. The van der Waals surface area contributed by atoms with Crippen molar-refractivity contribution >= 4 is 11.9 Å². The highest BCUT2D eigenvalue weighted by atomic mass is 16.5. The average molecular weight is 543 g/mol. The minimum absolute atomic E-state index is 0.353. The second kappa shape index (κ2) is 11.1. The molecule has 0 aromatic heterocycles. The van der Waals surface area contributed by atoms with Gasteiger partial charge in [-0.25, -0.2) is 9.59 Å². The number of ether oxygens (including phenoxy) is 2. The molecule has 0 radical (unpaired) electrons. The lowest BCUT2D eigenvalue weighted by Gasteiger charge is -2.35. The number of rotatable bonds is 8. The molecule has 0 amide bonds. The Morgan fingerprint density at radius 1 is 0.634 bits per heavy atom. The predicted molar refractivity (Wildman–Crippen MR) is 163 cm³/mol. The fourth-order valence-electron chi connectivity index (χ4n) is 5.77. The summed E-state index contributed by atoms with van der Waals surface area (Å²) in [6.45, 7) is 14.9. The molecule has 5 rings (SSSR count). The summed E-state index contributed by atoms with van der Waals surface area (Å²) in [6.07, 6.45) is 1.37. The second-order valence-electron chi connectivity index (χ2n) is 10.5. The van der Waals surface area contributed by atoms with Gasteiger partial charge in [-0.05, 0) is 83.3 Å². The zero-order valence-corrected chi connectivity index (χ0v) is 24.0. The zero-order chi connectivity index (χ0) is 29.3. The lowest BCUT2D eigenvalue weighted by molar-refractivity contribution is -0.131. The molecule has 4 aromatic rings. The molecule has 0 heterocycles. The summed E-state index contributed by atoms with van der Waals surface area (Å²) in [7, 11) is 0. The Labute approximate surface area is 242 Å².